The molecule has 2 fully saturated rings. The summed E-state index contributed by atoms with van der Waals surface area (Å²) in [5, 5.41) is 0. The van der Waals surface area contributed by atoms with Gasteiger partial charge in [-0.25, -0.2) is 0 Å². The Morgan fingerprint density at radius 3 is 1.20 bits per heavy atom. The standard InChI is InChI=1S/C13H26P2/c1-10-5-6-11(2)14(10)9-15-12(3)7-8-13(15)4/h10-13H,5-9H2,1-4H3/t10-,11?,12-,13?,14?,15?/m1/s1. The van der Waals surface area contributed by atoms with Crippen molar-refractivity contribution in [1.82, 2.24) is 0 Å². The van der Waals surface area contributed by atoms with Gasteiger partial charge in [0.15, 0.2) is 0 Å². The molecule has 88 valence electrons. The van der Waals surface area contributed by atoms with E-state index in [0.29, 0.717) is 15.8 Å². The largest absolute Gasteiger partial charge is 0.0965 e. The highest BCUT2D eigenvalue weighted by Crippen LogP contribution is 2.67. The lowest BCUT2D eigenvalue weighted by atomic mass is 10.2. The monoisotopic (exact) mass is 244 g/mol. The summed E-state index contributed by atoms with van der Waals surface area (Å²) in [5.41, 5.74) is 4.32. The van der Waals surface area contributed by atoms with Crippen LogP contribution < -0.4 is 0 Å². The predicted octanol–water partition coefficient (Wildman–Crippen LogP) is 5.05. The van der Waals surface area contributed by atoms with Gasteiger partial charge in [0.1, 0.15) is 0 Å². The molecule has 0 amide bonds. The molecule has 2 heterocycles. The van der Waals surface area contributed by atoms with Gasteiger partial charge >= 0.3 is 0 Å². The first-order valence-electron chi connectivity index (χ1n) is 6.61. The van der Waals surface area contributed by atoms with Crippen LogP contribution >= 0.6 is 15.8 Å². The molecular formula is C13H26P2. The maximum absolute atomic E-state index is 2.52. The molecule has 2 saturated heterocycles. The van der Waals surface area contributed by atoms with Gasteiger partial charge in [0, 0.05) is 0 Å². The first-order valence-corrected chi connectivity index (χ1v) is 9.94. The Morgan fingerprint density at radius 1 is 0.667 bits per heavy atom. The molecule has 2 heteroatoms. The molecule has 2 rings (SSSR count). The van der Waals surface area contributed by atoms with Gasteiger partial charge in [-0.1, -0.05) is 43.5 Å². The average molecular weight is 244 g/mol. The summed E-state index contributed by atoms with van der Waals surface area (Å²) < 4.78 is 0. The SMILES string of the molecule is CC1CC[C@@H](C)P1CP1C(C)CC[C@H]1C. The maximum Gasteiger partial charge on any atom is -0.0111 e. The second kappa shape index (κ2) is 5.01. The Balaban J connectivity index is 1.95. The van der Waals surface area contributed by atoms with Crippen molar-refractivity contribution < 1.29 is 0 Å². The van der Waals surface area contributed by atoms with E-state index in [1.54, 1.807) is 5.90 Å². The molecule has 0 spiro atoms. The van der Waals surface area contributed by atoms with Crippen molar-refractivity contribution in [3.05, 3.63) is 0 Å². The third-order valence-corrected chi connectivity index (χ3v) is 12.8. The van der Waals surface area contributed by atoms with Crippen molar-refractivity contribution in [2.45, 2.75) is 76.0 Å². The third-order valence-electron chi connectivity index (χ3n) is 4.60. The average Bonchev–Trinajstić information content (AvgIpc) is 2.67. The molecule has 6 atom stereocenters. The topological polar surface area (TPSA) is 0 Å². The highest BCUT2D eigenvalue weighted by Gasteiger charge is 2.36. The predicted molar refractivity (Wildman–Crippen MR) is 75.0 cm³/mol. The van der Waals surface area contributed by atoms with Crippen LogP contribution in [0.25, 0.3) is 0 Å². The molecule has 4 unspecified atom stereocenters. The van der Waals surface area contributed by atoms with E-state index < -0.39 is 0 Å². The van der Waals surface area contributed by atoms with Crippen molar-refractivity contribution in [2.24, 2.45) is 0 Å². The fourth-order valence-electron chi connectivity index (χ4n) is 3.24. The first kappa shape index (κ1) is 12.3. The summed E-state index contributed by atoms with van der Waals surface area (Å²) in [4.78, 5) is 0. The first-order chi connectivity index (χ1) is 7.09. The van der Waals surface area contributed by atoms with Crippen LogP contribution in [0.5, 0.6) is 0 Å². The Labute approximate surface area is 98.1 Å². The maximum atomic E-state index is 2.52. The van der Waals surface area contributed by atoms with E-state index in [1.165, 1.54) is 25.7 Å². The minimum atomic E-state index is 0.397. The molecular weight excluding hydrogens is 218 g/mol. The van der Waals surface area contributed by atoms with Crippen LogP contribution in [0.15, 0.2) is 0 Å². The van der Waals surface area contributed by atoms with Crippen molar-refractivity contribution in [3.63, 3.8) is 0 Å². The fourth-order valence-corrected chi connectivity index (χ4v) is 12.9. The molecule has 0 nitrogen and oxygen atoms in total. The lowest BCUT2D eigenvalue weighted by molar-refractivity contribution is 0.777. The summed E-state index contributed by atoms with van der Waals surface area (Å²) >= 11 is 0. The van der Waals surface area contributed by atoms with Gasteiger partial charge in [0.05, 0.1) is 0 Å². The number of hydrogen-bond donors (Lipinski definition) is 0. The summed E-state index contributed by atoms with van der Waals surface area (Å²) in [7, 11) is 0.794. The molecule has 0 aromatic carbocycles. The quantitative estimate of drug-likeness (QED) is 0.596. The van der Waals surface area contributed by atoms with Gasteiger partial charge in [-0.2, -0.15) is 0 Å². The normalized spacial score (nSPS) is 51.2. The van der Waals surface area contributed by atoms with E-state index in [1.807, 2.05) is 0 Å². The van der Waals surface area contributed by atoms with E-state index in [2.05, 4.69) is 27.7 Å². The summed E-state index contributed by atoms with van der Waals surface area (Å²) in [5.74, 6) is 1.66. The van der Waals surface area contributed by atoms with E-state index in [-0.39, 0.29) is 0 Å². The summed E-state index contributed by atoms with van der Waals surface area (Å²) in [6.45, 7) is 10.1. The highest BCUT2D eigenvalue weighted by atomic mass is 31.2. The highest BCUT2D eigenvalue weighted by molar-refractivity contribution is 7.76. The van der Waals surface area contributed by atoms with Crippen LogP contribution in [0.2, 0.25) is 0 Å². The zero-order valence-corrected chi connectivity index (χ0v) is 12.5. The smallest absolute Gasteiger partial charge is 0.0111 e. The van der Waals surface area contributed by atoms with Gasteiger partial charge in [-0.15, -0.1) is 0 Å². The Bertz CT molecular complexity index is 175. The van der Waals surface area contributed by atoms with Crippen LogP contribution in [0.4, 0.5) is 0 Å². The van der Waals surface area contributed by atoms with Crippen LogP contribution in [-0.4, -0.2) is 28.5 Å². The zero-order chi connectivity index (χ0) is 11.0. The molecule has 0 radical (unpaired) electrons. The molecule has 2 aliphatic heterocycles. The van der Waals surface area contributed by atoms with E-state index in [0.717, 1.165) is 22.6 Å². The van der Waals surface area contributed by atoms with Crippen LogP contribution in [0, 0.1) is 0 Å². The van der Waals surface area contributed by atoms with Gasteiger partial charge in [-0.05, 0) is 54.2 Å². The second-order valence-electron chi connectivity index (χ2n) is 5.72. The van der Waals surface area contributed by atoms with Gasteiger partial charge in [0.25, 0.3) is 0 Å². The van der Waals surface area contributed by atoms with Gasteiger partial charge in [-0.3, -0.25) is 0 Å². The van der Waals surface area contributed by atoms with Crippen LogP contribution in [0.3, 0.4) is 0 Å². The second-order valence-corrected chi connectivity index (χ2v) is 12.4. The molecule has 0 N–H and O–H groups in total. The Hall–Kier alpha value is 0.860. The molecule has 0 aromatic rings. The molecule has 0 aromatic heterocycles. The molecule has 0 aliphatic carbocycles. The summed E-state index contributed by atoms with van der Waals surface area (Å²) in [6.07, 6.45) is 6.11. The van der Waals surface area contributed by atoms with E-state index in [4.69, 9.17) is 0 Å². The van der Waals surface area contributed by atoms with Gasteiger partial charge in [0.2, 0.25) is 0 Å². The number of hydrogen-bond acceptors (Lipinski definition) is 0. The Morgan fingerprint density at radius 2 is 0.933 bits per heavy atom. The molecule has 15 heavy (non-hydrogen) atoms. The molecule has 2 aliphatic rings. The lowest BCUT2D eigenvalue weighted by Gasteiger charge is -2.29. The minimum absolute atomic E-state index is 0.397. The molecule has 0 saturated carbocycles. The van der Waals surface area contributed by atoms with Crippen molar-refractivity contribution in [1.29, 1.82) is 0 Å². The minimum Gasteiger partial charge on any atom is -0.0965 e. The van der Waals surface area contributed by atoms with E-state index >= 15 is 0 Å². The Kier molecular flexibility index (Phi) is 4.12. The number of rotatable bonds is 2. The third kappa shape index (κ3) is 2.58. The van der Waals surface area contributed by atoms with Crippen molar-refractivity contribution in [2.75, 3.05) is 5.90 Å². The van der Waals surface area contributed by atoms with E-state index in [9.17, 15) is 0 Å². The fraction of sp³-hybridized carbons (Fsp3) is 1.00. The van der Waals surface area contributed by atoms with Crippen LogP contribution in [0.1, 0.15) is 53.4 Å². The zero-order valence-electron chi connectivity index (χ0n) is 10.7. The molecule has 0 bridgehead atoms. The summed E-state index contributed by atoms with van der Waals surface area (Å²) in [6, 6.07) is 0. The van der Waals surface area contributed by atoms with Crippen LogP contribution in [-0.2, 0) is 0 Å². The van der Waals surface area contributed by atoms with Crippen molar-refractivity contribution in [3.8, 4) is 0 Å². The van der Waals surface area contributed by atoms with Crippen molar-refractivity contribution >= 4 is 15.8 Å². The lowest BCUT2D eigenvalue weighted by Crippen LogP contribution is -2.06. The van der Waals surface area contributed by atoms with Gasteiger partial charge < -0.3 is 0 Å².